The molecule has 0 aliphatic carbocycles. The molecule has 0 aliphatic heterocycles. The minimum absolute atomic E-state index is 0.183. The highest BCUT2D eigenvalue weighted by molar-refractivity contribution is 5.44. The van der Waals surface area contributed by atoms with Crippen molar-refractivity contribution < 1.29 is 4.39 Å². The lowest BCUT2D eigenvalue weighted by Gasteiger charge is -2.12. The first-order valence-corrected chi connectivity index (χ1v) is 4.25. The lowest BCUT2D eigenvalue weighted by molar-refractivity contribution is 0.625. The second kappa shape index (κ2) is 4.10. The van der Waals surface area contributed by atoms with Gasteiger partial charge in [0.1, 0.15) is 5.82 Å². The number of hydrogen-bond donors (Lipinski definition) is 1. The van der Waals surface area contributed by atoms with Gasteiger partial charge in [0.05, 0.1) is 5.69 Å². The van der Waals surface area contributed by atoms with Gasteiger partial charge in [-0.1, -0.05) is 19.1 Å². The maximum absolute atomic E-state index is 13.0. The van der Waals surface area contributed by atoms with E-state index in [-0.39, 0.29) is 5.82 Å². The number of hydrogen-bond acceptors (Lipinski definition) is 1. The summed E-state index contributed by atoms with van der Waals surface area (Å²) in [7, 11) is 0. The van der Waals surface area contributed by atoms with E-state index >= 15 is 0 Å². The first kappa shape index (κ1) is 9.04. The fraction of sp³-hybridized carbons (Fsp3) is 0.400. The van der Waals surface area contributed by atoms with Crippen LogP contribution in [-0.2, 0) is 0 Å². The Hall–Kier alpha value is -1.05. The molecule has 12 heavy (non-hydrogen) atoms. The first-order chi connectivity index (χ1) is 5.74. The van der Waals surface area contributed by atoms with Crippen molar-refractivity contribution in [2.24, 2.45) is 0 Å². The molecule has 0 aromatic heterocycles. The van der Waals surface area contributed by atoms with Gasteiger partial charge < -0.3 is 5.32 Å². The highest BCUT2D eigenvalue weighted by Gasteiger charge is 2.02. The molecule has 1 N–H and O–H groups in total. The Morgan fingerprint density at radius 3 is 2.67 bits per heavy atom. The second-order valence-corrected chi connectivity index (χ2v) is 2.93. The summed E-state index contributed by atoms with van der Waals surface area (Å²) >= 11 is 0. The summed E-state index contributed by atoms with van der Waals surface area (Å²) in [6, 6.07) is 7.05. The molecule has 2 heteroatoms. The molecule has 0 saturated heterocycles. The SMILES string of the molecule is CC[C@H](C)Nc1ccccc1F. The highest BCUT2D eigenvalue weighted by Crippen LogP contribution is 2.13. The molecule has 66 valence electrons. The number of halogens is 1. The van der Waals surface area contributed by atoms with Crippen molar-refractivity contribution in [2.75, 3.05) is 5.32 Å². The summed E-state index contributed by atoms with van der Waals surface area (Å²) in [5.74, 6) is -0.183. The van der Waals surface area contributed by atoms with Crippen LogP contribution in [0.4, 0.5) is 10.1 Å². The van der Waals surface area contributed by atoms with Gasteiger partial charge in [-0.25, -0.2) is 4.39 Å². The molecule has 1 aromatic carbocycles. The predicted molar refractivity (Wildman–Crippen MR) is 49.8 cm³/mol. The molecule has 1 aromatic rings. The Labute approximate surface area is 72.6 Å². The van der Waals surface area contributed by atoms with Crippen LogP contribution in [-0.4, -0.2) is 6.04 Å². The predicted octanol–water partition coefficient (Wildman–Crippen LogP) is 3.04. The molecule has 0 heterocycles. The van der Waals surface area contributed by atoms with Crippen LogP contribution in [0.25, 0.3) is 0 Å². The third-order valence-electron chi connectivity index (χ3n) is 1.89. The van der Waals surface area contributed by atoms with Gasteiger partial charge in [0.25, 0.3) is 0 Å². The van der Waals surface area contributed by atoms with Crippen LogP contribution in [0.3, 0.4) is 0 Å². The van der Waals surface area contributed by atoms with Crippen LogP contribution in [0.5, 0.6) is 0 Å². The van der Waals surface area contributed by atoms with Crippen molar-refractivity contribution in [3.05, 3.63) is 30.1 Å². The third-order valence-corrected chi connectivity index (χ3v) is 1.89. The van der Waals surface area contributed by atoms with Gasteiger partial charge in [-0.05, 0) is 25.5 Å². The van der Waals surface area contributed by atoms with Crippen LogP contribution in [0.1, 0.15) is 20.3 Å². The van der Waals surface area contributed by atoms with Crippen molar-refractivity contribution >= 4 is 5.69 Å². The lowest BCUT2D eigenvalue weighted by Crippen LogP contribution is -2.14. The van der Waals surface area contributed by atoms with E-state index in [9.17, 15) is 4.39 Å². The summed E-state index contributed by atoms with van der Waals surface area (Å²) in [6.07, 6.45) is 0.994. The molecule has 0 saturated carbocycles. The summed E-state index contributed by atoms with van der Waals surface area (Å²) in [4.78, 5) is 0. The number of rotatable bonds is 3. The van der Waals surface area contributed by atoms with E-state index in [2.05, 4.69) is 12.2 Å². The summed E-state index contributed by atoms with van der Waals surface area (Å²) in [5, 5.41) is 3.08. The van der Waals surface area contributed by atoms with E-state index < -0.39 is 0 Å². The molecule has 1 nitrogen and oxygen atoms in total. The van der Waals surface area contributed by atoms with E-state index in [0.717, 1.165) is 6.42 Å². The highest BCUT2D eigenvalue weighted by atomic mass is 19.1. The van der Waals surface area contributed by atoms with Gasteiger partial charge in [0.2, 0.25) is 0 Å². The van der Waals surface area contributed by atoms with E-state index in [0.29, 0.717) is 11.7 Å². The zero-order valence-corrected chi connectivity index (χ0v) is 7.47. The average molecular weight is 167 g/mol. The maximum Gasteiger partial charge on any atom is 0.146 e. The average Bonchev–Trinajstić information content (AvgIpc) is 2.09. The van der Waals surface area contributed by atoms with Gasteiger partial charge >= 0.3 is 0 Å². The summed E-state index contributed by atoms with van der Waals surface area (Å²) in [5.41, 5.74) is 0.590. The van der Waals surface area contributed by atoms with Crippen LogP contribution < -0.4 is 5.32 Å². The van der Waals surface area contributed by atoms with Gasteiger partial charge in [0.15, 0.2) is 0 Å². The fourth-order valence-corrected chi connectivity index (χ4v) is 0.946. The van der Waals surface area contributed by atoms with E-state index in [1.165, 1.54) is 6.07 Å². The Bertz CT molecular complexity index is 247. The number of anilines is 1. The molecule has 0 amide bonds. The Morgan fingerprint density at radius 2 is 2.08 bits per heavy atom. The molecule has 0 spiro atoms. The molecule has 1 rings (SSSR count). The topological polar surface area (TPSA) is 12.0 Å². The molecule has 1 atom stereocenters. The van der Waals surface area contributed by atoms with Crippen LogP contribution in [0.2, 0.25) is 0 Å². The first-order valence-electron chi connectivity index (χ1n) is 4.25. The third kappa shape index (κ3) is 2.22. The minimum Gasteiger partial charge on any atom is -0.380 e. The number of para-hydroxylation sites is 1. The van der Waals surface area contributed by atoms with Crippen molar-refractivity contribution in [3.63, 3.8) is 0 Å². The Kier molecular flexibility index (Phi) is 3.09. The molecule has 0 unspecified atom stereocenters. The zero-order chi connectivity index (χ0) is 8.97. The Morgan fingerprint density at radius 1 is 1.42 bits per heavy atom. The lowest BCUT2D eigenvalue weighted by atomic mass is 10.2. The Balaban J connectivity index is 2.69. The van der Waals surface area contributed by atoms with Gasteiger partial charge in [-0.3, -0.25) is 0 Å². The van der Waals surface area contributed by atoms with Crippen molar-refractivity contribution in [3.8, 4) is 0 Å². The monoisotopic (exact) mass is 167 g/mol. The van der Waals surface area contributed by atoms with Crippen molar-refractivity contribution in [1.29, 1.82) is 0 Å². The van der Waals surface area contributed by atoms with Crippen LogP contribution >= 0.6 is 0 Å². The van der Waals surface area contributed by atoms with Crippen molar-refractivity contribution in [2.45, 2.75) is 26.3 Å². The normalized spacial score (nSPS) is 12.6. The zero-order valence-electron chi connectivity index (χ0n) is 7.47. The second-order valence-electron chi connectivity index (χ2n) is 2.93. The van der Waals surface area contributed by atoms with Gasteiger partial charge in [-0.15, -0.1) is 0 Å². The summed E-state index contributed by atoms with van der Waals surface area (Å²) in [6.45, 7) is 4.10. The number of benzene rings is 1. The molecule has 0 fully saturated rings. The minimum atomic E-state index is -0.183. The van der Waals surface area contributed by atoms with Crippen LogP contribution in [0, 0.1) is 5.82 Å². The standard InChI is InChI=1S/C10H14FN/c1-3-8(2)12-10-7-5-4-6-9(10)11/h4-8,12H,3H2,1-2H3/t8-/m0/s1. The quantitative estimate of drug-likeness (QED) is 0.729. The molecule has 0 radical (unpaired) electrons. The molecular weight excluding hydrogens is 153 g/mol. The van der Waals surface area contributed by atoms with E-state index in [1.807, 2.05) is 13.0 Å². The number of nitrogens with one attached hydrogen (secondary N) is 1. The van der Waals surface area contributed by atoms with E-state index in [4.69, 9.17) is 0 Å². The van der Waals surface area contributed by atoms with Crippen molar-refractivity contribution in [1.82, 2.24) is 0 Å². The van der Waals surface area contributed by atoms with E-state index in [1.54, 1.807) is 12.1 Å². The largest absolute Gasteiger partial charge is 0.380 e. The molecular formula is C10H14FN. The van der Waals surface area contributed by atoms with Crippen LogP contribution in [0.15, 0.2) is 24.3 Å². The molecule has 0 aliphatic rings. The van der Waals surface area contributed by atoms with Gasteiger partial charge in [-0.2, -0.15) is 0 Å². The van der Waals surface area contributed by atoms with Gasteiger partial charge in [0, 0.05) is 6.04 Å². The smallest absolute Gasteiger partial charge is 0.146 e. The summed E-state index contributed by atoms with van der Waals surface area (Å²) < 4.78 is 13.0. The maximum atomic E-state index is 13.0. The molecule has 0 bridgehead atoms. The fourth-order valence-electron chi connectivity index (χ4n) is 0.946.